The van der Waals surface area contributed by atoms with E-state index in [2.05, 4.69) is 0 Å². The SMILES string of the molecule is COCc1c(C(=O)N2CCCC2C(=O)N(C)C)sc2cccc(F)c12. The third-order valence-corrected chi connectivity index (χ3v) is 5.67. The fourth-order valence-corrected chi connectivity index (χ4v) is 4.50. The van der Waals surface area contributed by atoms with E-state index in [-0.39, 0.29) is 24.2 Å². The van der Waals surface area contributed by atoms with Crippen LogP contribution in [0.1, 0.15) is 28.1 Å². The summed E-state index contributed by atoms with van der Waals surface area (Å²) in [6.07, 6.45) is 1.44. The molecule has 0 aliphatic carbocycles. The summed E-state index contributed by atoms with van der Waals surface area (Å²) in [4.78, 5) is 29.1. The second-order valence-corrected chi connectivity index (χ2v) is 7.40. The number of rotatable bonds is 4. The van der Waals surface area contributed by atoms with E-state index in [1.807, 2.05) is 0 Å². The van der Waals surface area contributed by atoms with Gasteiger partial charge in [-0.15, -0.1) is 11.3 Å². The highest BCUT2D eigenvalue weighted by molar-refractivity contribution is 7.21. The lowest BCUT2D eigenvalue weighted by Crippen LogP contribution is -2.45. The van der Waals surface area contributed by atoms with Gasteiger partial charge in [-0.1, -0.05) is 6.07 Å². The summed E-state index contributed by atoms with van der Waals surface area (Å²) >= 11 is 1.26. The molecule has 0 spiro atoms. The van der Waals surface area contributed by atoms with Crippen LogP contribution in [0, 0.1) is 5.82 Å². The summed E-state index contributed by atoms with van der Waals surface area (Å²) in [6.45, 7) is 0.689. The van der Waals surface area contributed by atoms with E-state index in [1.54, 1.807) is 31.1 Å². The Morgan fingerprint density at radius 1 is 1.40 bits per heavy atom. The molecule has 1 aliphatic rings. The van der Waals surface area contributed by atoms with Crippen molar-refractivity contribution >= 4 is 33.2 Å². The Morgan fingerprint density at radius 2 is 2.16 bits per heavy atom. The minimum absolute atomic E-state index is 0.0774. The minimum atomic E-state index is -0.451. The van der Waals surface area contributed by atoms with Gasteiger partial charge in [0.15, 0.2) is 0 Å². The summed E-state index contributed by atoms with van der Waals surface area (Å²) < 4.78 is 20.2. The van der Waals surface area contributed by atoms with E-state index < -0.39 is 6.04 Å². The number of fused-ring (bicyclic) bond motifs is 1. The first kappa shape index (κ1) is 17.8. The van der Waals surface area contributed by atoms with Crippen molar-refractivity contribution in [2.24, 2.45) is 0 Å². The van der Waals surface area contributed by atoms with Crippen molar-refractivity contribution < 1.29 is 18.7 Å². The van der Waals surface area contributed by atoms with Gasteiger partial charge in [0.2, 0.25) is 5.91 Å². The van der Waals surface area contributed by atoms with E-state index in [4.69, 9.17) is 4.74 Å². The number of hydrogen-bond donors (Lipinski definition) is 0. The summed E-state index contributed by atoms with van der Waals surface area (Å²) in [7, 11) is 4.90. The predicted octanol–water partition coefficient (Wildman–Crippen LogP) is 2.88. The molecule has 1 fully saturated rings. The van der Waals surface area contributed by atoms with Crippen molar-refractivity contribution in [2.45, 2.75) is 25.5 Å². The number of ether oxygens (including phenoxy) is 1. The maximum Gasteiger partial charge on any atom is 0.265 e. The lowest BCUT2D eigenvalue weighted by molar-refractivity contribution is -0.132. The van der Waals surface area contributed by atoms with Crippen LogP contribution in [0.3, 0.4) is 0 Å². The Bertz CT molecular complexity index is 818. The molecule has 1 aromatic carbocycles. The molecule has 0 saturated carbocycles. The van der Waals surface area contributed by atoms with Gasteiger partial charge in [-0.3, -0.25) is 9.59 Å². The molecule has 2 amide bonds. The zero-order valence-corrected chi connectivity index (χ0v) is 15.4. The Kier molecular flexibility index (Phi) is 5.06. The van der Waals surface area contributed by atoms with Crippen molar-refractivity contribution in [1.82, 2.24) is 9.80 Å². The minimum Gasteiger partial charge on any atom is -0.380 e. The lowest BCUT2D eigenvalue weighted by atomic mass is 10.1. The average Bonchev–Trinajstić information content (AvgIpc) is 3.19. The Balaban J connectivity index is 2.03. The summed E-state index contributed by atoms with van der Waals surface area (Å²) in [5.74, 6) is -0.654. The molecule has 0 N–H and O–H groups in total. The summed E-state index contributed by atoms with van der Waals surface area (Å²) in [5.41, 5.74) is 0.563. The average molecular weight is 364 g/mol. The predicted molar refractivity (Wildman–Crippen MR) is 95.2 cm³/mol. The largest absolute Gasteiger partial charge is 0.380 e. The molecule has 25 heavy (non-hydrogen) atoms. The number of likely N-dealkylation sites (tertiary alicyclic amines) is 1. The number of halogens is 1. The number of carbonyl (C=O) groups excluding carboxylic acids is 2. The van der Waals surface area contributed by atoms with Gasteiger partial charge in [0, 0.05) is 43.4 Å². The molecular weight excluding hydrogens is 343 g/mol. The highest BCUT2D eigenvalue weighted by Crippen LogP contribution is 2.35. The molecule has 1 unspecified atom stereocenters. The Hall–Kier alpha value is -1.99. The fraction of sp³-hybridized carbons (Fsp3) is 0.444. The van der Waals surface area contributed by atoms with E-state index >= 15 is 0 Å². The normalized spacial score (nSPS) is 17.3. The zero-order valence-electron chi connectivity index (χ0n) is 14.5. The molecule has 2 aromatic rings. The van der Waals surface area contributed by atoms with Gasteiger partial charge in [-0.25, -0.2) is 4.39 Å². The summed E-state index contributed by atoms with van der Waals surface area (Å²) in [6, 6.07) is 4.36. The van der Waals surface area contributed by atoms with Gasteiger partial charge in [-0.05, 0) is 25.0 Å². The molecule has 3 rings (SSSR count). The zero-order chi connectivity index (χ0) is 18.1. The monoisotopic (exact) mass is 364 g/mol. The molecule has 7 heteroatoms. The van der Waals surface area contributed by atoms with Crippen LogP contribution in [0.5, 0.6) is 0 Å². The number of benzene rings is 1. The van der Waals surface area contributed by atoms with Gasteiger partial charge < -0.3 is 14.5 Å². The summed E-state index contributed by atoms with van der Waals surface area (Å²) in [5, 5.41) is 0.437. The van der Waals surface area contributed by atoms with Gasteiger partial charge in [-0.2, -0.15) is 0 Å². The van der Waals surface area contributed by atoms with Gasteiger partial charge >= 0.3 is 0 Å². The molecule has 1 saturated heterocycles. The molecular formula is C18H21FN2O3S. The number of hydrogen-bond acceptors (Lipinski definition) is 4. The van der Waals surface area contributed by atoms with E-state index in [9.17, 15) is 14.0 Å². The second kappa shape index (κ2) is 7.09. The second-order valence-electron chi connectivity index (χ2n) is 6.34. The third kappa shape index (κ3) is 3.14. The third-order valence-electron chi connectivity index (χ3n) is 4.49. The van der Waals surface area contributed by atoms with E-state index in [0.717, 1.165) is 6.42 Å². The standard InChI is InChI=1S/C18H21FN2O3S/c1-20(2)17(22)13-7-5-9-21(13)18(23)16-11(10-24-3)15-12(19)6-4-8-14(15)25-16/h4,6,8,13H,5,7,9-10H2,1-3H3. The number of likely N-dealkylation sites (N-methyl/N-ethyl adjacent to an activating group) is 1. The highest BCUT2D eigenvalue weighted by Gasteiger charge is 2.37. The van der Waals surface area contributed by atoms with Gasteiger partial charge in [0.25, 0.3) is 5.91 Å². The van der Waals surface area contributed by atoms with Crippen molar-refractivity contribution in [3.05, 3.63) is 34.5 Å². The molecule has 5 nitrogen and oxygen atoms in total. The Morgan fingerprint density at radius 3 is 2.84 bits per heavy atom. The quantitative estimate of drug-likeness (QED) is 0.838. The molecule has 0 bridgehead atoms. The first-order valence-electron chi connectivity index (χ1n) is 8.16. The first-order chi connectivity index (χ1) is 12.0. The molecule has 0 radical (unpaired) electrons. The molecule has 1 aromatic heterocycles. The van der Waals surface area contributed by atoms with Crippen molar-refractivity contribution in [1.29, 1.82) is 0 Å². The smallest absolute Gasteiger partial charge is 0.265 e. The van der Waals surface area contributed by atoms with E-state index in [1.165, 1.54) is 29.4 Å². The fourth-order valence-electron chi connectivity index (χ4n) is 3.32. The van der Waals surface area contributed by atoms with Crippen LogP contribution in [0.2, 0.25) is 0 Å². The maximum absolute atomic E-state index is 14.3. The van der Waals surface area contributed by atoms with Crippen LogP contribution in [0.15, 0.2) is 18.2 Å². The maximum atomic E-state index is 14.3. The van der Waals surface area contributed by atoms with Crippen LogP contribution < -0.4 is 0 Å². The van der Waals surface area contributed by atoms with Crippen molar-refractivity contribution in [3.8, 4) is 0 Å². The highest BCUT2D eigenvalue weighted by atomic mass is 32.1. The van der Waals surface area contributed by atoms with Crippen LogP contribution in [-0.2, 0) is 16.1 Å². The Labute approximate surface area is 150 Å². The number of nitrogens with zero attached hydrogens (tertiary/aromatic N) is 2. The van der Waals surface area contributed by atoms with Crippen LogP contribution in [-0.4, -0.2) is 55.4 Å². The topological polar surface area (TPSA) is 49.9 Å². The number of carbonyl (C=O) groups is 2. The molecule has 1 atom stereocenters. The molecule has 2 heterocycles. The van der Waals surface area contributed by atoms with Crippen LogP contribution in [0.25, 0.3) is 10.1 Å². The number of methoxy groups -OCH3 is 1. The number of amides is 2. The van der Waals surface area contributed by atoms with Gasteiger partial charge in [0.1, 0.15) is 11.9 Å². The molecule has 134 valence electrons. The van der Waals surface area contributed by atoms with Crippen LogP contribution >= 0.6 is 11.3 Å². The van der Waals surface area contributed by atoms with E-state index in [0.29, 0.717) is 33.5 Å². The molecule has 1 aliphatic heterocycles. The first-order valence-corrected chi connectivity index (χ1v) is 8.98. The van der Waals surface area contributed by atoms with Crippen LogP contribution in [0.4, 0.5) is 4.39 Å². The van der Waals surface area contributed by atoms with Crippen molar-refractivity contribution in [3.63, 3.8) is 0 Å². The van der Waals surface area contributed by atoms with Gasteiger partial charge in [0.05, 0.1) is 11.5 Å². The number of thiophene rings is 1. The van der Waals surface area contributed by atoms with Crippen molar-refractivity contribution in [2.75, 3.05) is 27.7 Å². The lowest BCUT2D eigenvalue weighted by Gasteiger charge is -2.26.